The summed E-state index contributed by atoms with van der Waals surface area (Å²) in [6.45, 7) is 4.37. The van der Waals surface area contributed by atoms with E-state index in [1.54, 1.807) is 0 Å². The van der Waals surface area contributed by atoms with Crippen LogP contribution < -0.4 is 0 Å². The molecular weight excluding hydrogens is 228 g/mol. The van der Waals surface area contributed by atoms with Gasteiger partial charge in [-0.25, -0.2) is 4.98 Å². The molecule has 0 saturated carbocycles. The third kappa shape index (κ3) is 1.37. The van der Waals surface area contributed by atoms with Crippen LogP contribution in [-0.4, -0.2) is 9.38 Å². The lowest BCUT2D eigenvalue weighted by molar-refractivity contribution is 0.800. The normalized spacial score (nSPS) is 11.4. The van der Waals surface area contributed by atoms with E-state index in [9.17, 15) is 0 Å². The molecule has 3 heteroatoms. The second kappa shape index (κ2) is 3.14. The number of nitrogens with zero attached hydrogens (tertiary/aromatic N) is 2. The van der Waals surface area contributed by atoms with Crippen LogP contribution in [0.2, 0.25) is 0 Å². The molecule has 0 saturated heterocycles. The van der Waals surface area contributed by atoms with Crippen LogP contribution in [0.25, 0.3) is 5.52 Å². The predicted molar refractivity (Wildman–Crippen MR) is 57.0 cm³/mol. The molecule has 0 N–H and O–H groups in total. The van der Waals surface area contributed by atoms with Crippen LogP contribution in [0, 0.1) is 0 Å². The van der Waals surface area contributed by atoms with E-state index in [0.29, 0.717) is 5.92 Å². The van der Waals surface area contributed by atoms with E-state index < -0.39 is 0 Å². The lowest BCUT2D eigenvalue weighted by atomic mass is 10.1. The number of rotatable bonds is 1. The first-order valence-corrected chi connectivity index (χ1v) is 5.11. The summed E-state index contributed by atoms with van der Waals surface area (Å²) in [5, 5.41) is 0. The Morgan fingerprint density at radius 1 is 1.38 bits per heavy atom. The van der Waals surface area contributed by atoms with Crippen molar-refractivity contribution in [3.05, 3.63) is 34.8 Å². The second-order valence-corrected chi connectivity index (χ2v) is 4.15. The van der Waals surface area contributed by atoms with Gasteiger partial charge in [-0.2, -0.15) is 0 Å². The Hall–Kier alpha value is -0.830. The molecule has 0 radical (unpaired) electrons. The highest BCUT2D eigenvalue weighted by Crippen LogP contribution is 2.21. The molecule has 13 heavy (non-hydrogen) atoms. The van der Waals surface area contributed by atoms with E-state index in [1.165, 1.54) is 5.69 Å². The SMILES string of the molecule is CC(C)c1cccc2c(Br)ncn12. The van der Waals surface area contributed by atoms with E-state index in [4.69, 9.17) is 0 Å². The fraction of sp³-hybridized carbons (Fsp3) is 0.300. The van der Waals surface area contributed by atoms with Crippen molar-refractivity contribution in [2.24, 2.45) is 0 Å². The minimum atomic E-state index is 0.518. The maximum Gasteiger partial charge on any atom is 0.131 e. The molecule has 0 aliphatic rings. The number of halogens is 1. The monoisotopic (exact) mass is 238 g/mol. The molecular formula is C10H11BrN2. The van der Waals surface area contributed by atoms with E-state index in [2.05, 4.69) is 57.4 Å². The van der Waals surface area contributed by atoms with Gasteiger partial charge in [-0.15, -0.1) is 0 Å². The molecule has 0 bridgehead atoms. The predicted octanol–water partition coefficient (Wildman–Crippen LogP) is 3.22. The number of fused-ring (bicyclic) bond motifs is 1. The summed E-state index contributed by atoms with van der Waals surface area (Å²) in [6, 6.07) is 6.26. The molecule has 0 amide bonds. The van der Waals surface area contributed by atoms with Crippen LogP contribution in [0.1, 0.15) is 25.5 Å². The van der Waals surface area contributed by atoms with Gasteiger partial charge in [0.05, 0.1) is 5.52 Å². The zero-order valence-electron chi connectivity index (χ0n) is 7.66. The number of hydrogen-bond donors (Lipinski definition) is 0. The van der Waals surface area contributed by atoms with Crippen molar-refractivity contribution in [1.82, 2.24) is 9.38 Å². The third-order valence-corrected chi connectivity index (χ3v) is 2.76. The molecule has 0 unspecified atom stereocenters. The fourth-order valence-electron chi connectivity index (χ4n) is 1.48. The van der Waals surface area contributed by atoms with Gasteiger partial charge in [-0.3, -0.25) is 0 Å². The van der Waals surface area contributed by atoms with Crippen LogP contribution in [0.15, 0.2) is 29.1 Å². The zero-order valence-corrected chi connectivity index (χ0v) is 9.25. The molecule has 2 aromatic rings. The van der Waals surface area contributed by atoms with Gasteiger partial charge in [0.15, 0.2) is 0 Å². The summed E-state index contributed by atoms with van der Waals surface area (Å²) in [6.07, 6.45) is 1.86. The number of pyridine rings is 1. The Kier molecular flexibility index (Phi) is 2.12. The summed E-state index contributed by atoms with van der Waals surface area (Å²) >= 11 is 3.42. The van der Waals surface area contributed by atoms with Gasteiger partial charge in [-0.05, 0) is 34.0 Å². The van der Waals surface area contributed by atoms with Crippen molar-refractivity contribution in [2.75, 3.05) is 0 Å². The molecule has 2 aromatic heterocycles. The van der Waals surface area contributed by atoms with Crippen molar-refractivity contribution in [3.8, 4) is 0 Å². The Morgan fingerprint density at radius 3 is 2.85 bits per heavy atom. The molecule has 0 aliphatic carbocycles. The molecule has 2 heterocycles. The average molecular weight is 239 g/mol. The molecule has 0 aromatic carbocycles. The number of imidazole rings is 1. The van der Waals surface area contributed by atoms with E-state index in [1.807, 2.05) is 6.33 Å². The Bertz CT molecular complexity index is 431. The Morgan fingerprint density at radius 2 is 2.15 bits per heavy atom. The first kappa shape index (κ1) is 8.75. The molecule has 0 spiro atoms. The van der Waals surface area contributed by atoms with Crippen LogP contribution in [0.3, 0.4) is 0 Å². The van der Waals surface area contributed by atoms with Gasteiger partial charge in [-0.1, -0.05) is 19.9 Å². The highest BCUT2D eigenvalue weighted by atomic mass is 79.9. The van der Waals surface area contributed by atoms with E-state index >= 15 is 0 Å². The average Bonchev–Trinajstić information content (AvgIpc) is 2.48. The third-order valence-electron chi connectivity index (χ3n) is 2.15. The molecule has 0 aliphatic heterocycles. The molecule has 68 valence electrons. The summed E-state index contributed by atoms with van der Waals surface area (Å²) in [5.74, 6) is 0.518. The van der Waals surface area contributed by atoms with Crippen molar-refractivity contribution >= 4 is 21.4 Å². The smallest absolute Gasteiger partial charge is 0.131 e. The zero-order chi connectivity index (χ0) is 9.42. The van der Waals surface area contributed by atoms with Crippen molar-refractivity contribution in [3.63, 3.8) is 0 Å². The van der Waals surface area contributed by atoms with Gasteiger partial charge in [0.25, 0.3) is 0 Å². The lowest BCUT2D eigenvalue weighted by Gasteiger charge is -2.07. The largest absolute Gasteiger partial charge is 0.302 e. The van der Waals surface area contributed by atoms with Gasteiger partial charge in [0.2, 0.25) is 0 Å². The Balaban J connectivity index is 2.77. The van der Waals surface area contributed by atoms with Crippen molar-refractivity contribution in [1.29, 1.82) is 0 Å². The van der Waals surface area contributed by atoms with Crippen LogP contribution in [-0.2, 0) is 0 Å². The van der Waals surface area contributed by atoms with Crippen molar-refractivity contribution < 1.29 is 0 Å². The van der Waals surface area contributed by atoms with Gasteiger partial charge in [0.1, 0.15) is 10.9 Å². The number of hydrogen-bond acceptors (Lipinski definition) is 1. The highest BCUT2D eigenvalue weighted by Gasteiger charge is 2.06. The first-order valence-electron chi connectivity index (χ1n) is 4.31. The maximum absolute atomic E-state index is 4.22. The molecule has 0 fully saturated rings. The minimum Gasteiger partial charge on any atom is -0.302 e. The summed E-state index contributed by atoms with van der Waals surface area (Å²) in [7, 11) is 0. The molecule has 2 rings (SSSR count). The van der Waals surface area contributed by atoms with Gasteiger partial charge < -0.3 is 4.40 Å². The topological polar surface area (TPSA) is 17.3 Å². The van der Waals surface area contributed by atoms with Gasteiger partial charge in [0, 0.05) is 5.69 Å². The standard InChI is InChI=1S/C10H11BrN2/c1-7(2)8-4-3-5-9-10(11)12-6-13(8)9/h3-7H,1-2H3. The fourth-order valence-corrected chi connectivity index (χ4v) is 1.89. The number of aromatic nitrogens is 2. The molecule has 2 nitrogen and oxygen atoms in total. The van der Waals surface area contributed by atoms with Crippen LogP contribution in [0.4, 0.5) is 0 Å². The lowest BCUT2D eigenvalue weighted by Crippen LogP contribution is -1.96. The quantitative estimate of drug-likeness (QED) is 0.746. The first-order chi connectivity index (χ1) is 6.20. The van der Waals surface area contributed by atoms with E-state index in [0.717, 1.165) is 10.1 Å². The Labute approximate surface area is 85.7 Å². The van der Waals surface area contributed by atoms with Gasteiger partial charge >= 0.3 is 0 Å². The van der Waals surface area contributed by atoms with Crippen molar-refractivity contribution in [2.45, 2.75) is 19.8 Å². The minimum absolute atomic E-state index is 0.518. The molecule has 0 atom stereocenters. The maximum atomic E-state index is 4.22. The van der Waals surface area contributed by atoms with E-state index in [-0.39, 0.29) is 0 Å². The second-order valence-electron chi connectivity index (χ2n) is 3.40. The van der Waals surface area contributed by atoms with Crippen LogP contribution >= 0.6 is 15.9 Å². The summed E-state index contributed by atoms with van der Waals surface area (Å²) in [4.78, 5) is 4.22. The highest BCUT2D eigenvalue weighted by molar-refractivity contribution is 9.10. The van der Waals surface area contributed by atoms with Crippen LogP contribution in [0.5, 0.6) is 0 Å². The summed E-state index contributed by atoms with van der Waals surface area (Å²) in [5.41, 5.74) is 2.42. The summed E-state index contributed by atoms with van der Waals surface area (Å²) < 4.78 is 3.03.